The molecule has 0 heterocycles. The van der Waals surface area contributed by atoms with E-state index in [4.69, 9.17) is 0 Å². The third-order valence-corrected chi connectivity index (χ3v) is 6.58. The maximum absolute atomic E-state index is 14.5. The topological polar surface area (TPSA) is 66.5 Å². The molecule has 0 aromatic heterocycles. The van der Waals surface area contributed by atoms with Crippen LogP contribution in [0.2, 0.25) is 0 Å². The van der Waals surface area contributed by atoms with Crippen molar-refractivity contribution in [2.75, 3.05) is 16.2 Å². The lowest BCUT2D eigenvalue weighted by Crippen LogP contribution is -2.38. The molecule has 0 atom stereocenters. The van der Waals surface area contributed by atoms with Crippen molar-refractivity contribution in [2.24, 2.45) is 0 Å². The van der Waals surface area contributed by atoms with Gasteiger partial charge in [-0.05, 0) is 35.7 Å². The molecule has 0 saturated heterocycles. The summed E-state index contributed by atoms with van der Waals surface area (Å²) in [5.74, 6) is -1.32. The third kappa shape index (κ3) is 4.27. The standard InChI is InChI=1S/C24H19FN2O3S/c25-21-14-6-7-16-23(21)27(31(29,30)19-11-2-1-3-12-19)17-24(28)26-22-15-8-10-18-9-4-5-13-20(18)22/h1-16H,17H2,(H,26,28). The number of amides is 1. The number of carbonyl (C=O) groups is 1. The monoisotopic (exact) mass is 434 g/mol. The van der Waals surface area contributed by atoms with Crippen LogP contribution in [0.15, 0.2) is 102 Å². The van der Waals surface area contributed by atoms with Crippen molar-refractivity contribution in [3.05, 3.63) is 103 Å². The average molecular weight is 434 g/mol. The van der Waals surface area contributed by atoms with Crippen LogP contribution in [0.5, 0.6) is 0 Å². The summed E-state index contributed by atoms with van der Waals surface area (Å²) in [6.45, 7) is -0.582. The Labute approximate surface area is 179 Å². The molecule has 0 aliphatic heterocycles. The van der Waals surface area contributed by atoms with Crippen molar-refractivity contribution in [3.8, 4) is 0 Å². The average Bonchev–Trinajstić information content (AvgIpc) is 2.79. The lowest BCUT2D eigenvalue weighted by atomic mass is 10.1. The van der Waals surface area contributed by atoms with E-state index < -0.39 is 28.3 Å². The Morgan fingerprint density at radius 1 is 0.806 bits per heavy atom. The first-order chi connectivity index (χ1) is 15.0. The molecule has 1 amide bonds. The molecule has 0 bridgehead atoms. The molecule has 0 fully saturated rings. The zero-order chi connectivity index (χ0) is 21.8. The van der Waals surface area contributed by atoms with Crippen LogP contribution >= 0.6 is 0 Å². The predicted octanol–water partition coefficient (Wildman–Crippen LogP) is 4.81. The van der Waals surface area contributed by atoms with E-state index in [0.717, 1.165) is 21.1 Å². The first-order valence-corrected chi connectivity index (χ1v) is 11.0. The number of para-hydroxylation sites is 1. The summed E-state index contributed by atoms with van der Waals surface area (Å²) < 4.78 is 41.9. The number of benzene rings is 4. The first kappa shape index (κ1) is 20.6. The third-order valence-electron chi connectivity index (χ3n) is 4.80. The number of nitrogens with zero attached hydrogens (tertiary/aromatic N) is 1. The number of carbonyl (C=O) groups excluding carboxylic acids is 1. The van der Waals surface area contributed by atoms with Crippen LogP contribution in [0, 0.1) is 5.82 Å². The van der Waals surface area contributed by atoms with Crippen LogP contribution in [0.4, 0.5) is 15.8 Å². The molecule has 0 aliphatic rings. The van der Waals surface area contributed by atoms with Gasteiger partial charge in [-0.25, -0.2) is 12.8 Å². The lowest BCUT2D eigenvalue weighted by molar-refractivity contribution is -0.114. The highest BCUT2D eigenvalue weighted by Crippen LogP contribution is 2.27. The fourth-order valence-electron chi connectivity index (χ4n) is 3.33. The number of sulfonamides is 1. The zero-order valence-electron chi connectivity index (χ0n) is 16.4. The molecule has 0 unspecified atom stereocenters. The second-order valence-electron chi connectivity index (χ2n) is 6.85. The SMILES string of the molecule is O=C(CN(c1ccccc1F)S(=O)(=O)c1ccccc1)Nc1cccc2ccccc12. The Balaban J connectivity index is 1.70. The van der Waals surface area contributed by atoms with E-state index in [1.54, 1.807) is 30.3 Å². The molecule has 4 rings (SSSR count). The number of anilines is 2. The summed E-state index contributed by atoms with van der Waals surface area (Å²) >= 11 is 0. The molecule has 7 heteroatoms. The van der Waals surface area contributed by atoms with E-state index in [-0.39, 0.29) is 10.6 Å². The Morgan fingerprint density at radius 3 is 2.23 bits per heavy atom. The van der Waals surface area contributed by atoms with Gasteiger partial charge in [0.15, 0.2) is 0 Å². The maximum atomic E-state index is 14.5. The van der Waals surface area contributed by atoms with Crippen molar-refractivity contribution in [2.45, 2.75) is 4.90 Å². The van der Waals surface area contributed by atoms with Gasteiger partial charge >= 0.3 is 0 Å². The van der Waals surface area contributed by atoms with Gasteiger partial charge in [0.1, 0.15) is 12.4 Å². The van der Waals surface area contributed by atoms with Crippen LogP contribution in [-0.4, -0.2) is 20.9 Å². The van der Waals surface area contributed by atoms with Crippen molar-refractivity contribution in [3.63, 3.8) is 0 Å². The van der Waals surface area contributed by atoms with E-state index in [2.05, 4.69) is 5.32 Å². The molecule has 0 radical (unpaired) electrons. The highest BCUT2D eigenvalue weighted by molar-refractivity contribution is 7.92. The molecule has 5 nitrogen and oxygen atoms in total. The molecule has 0 saturated carbocycles. The van der Waals surface area contributed by atoms with Gasteiger partial charge < -0.3 is 5.32 Å². The molecule has 4 aromatic rings. The molecule has 0 spiro atoms. The summed E-state index contributed by atoms with van der Waals surface area (Å²) in [6, 6.07) is 26.1. The number of hydrogen-bond donors (Lipinski definition) is 1. The minimum Gasteiger partial charge on any atom is -0.324 e. The summed E-state index contributed by atoms with van der Waals surface area (Å²) in [5.41, 5.74) is 0.355. The Morgan fingerprint density at radius 2 is 1.45 bits per heavy atom. The van der Waals surface area contributed by atoms with Gasteiger partial charge in [-0.2, -0.15) is 0 Å². The molecular formula is C24H19FN2O3S. The molecular weight excluding hydrogens is 415 g/mol. The molecule has 31 heavy (non-hydrogen) atoms. The Kier molecular flexibility index (Phi) is 5.68. The van der Waals surface area contributed by atoms with Gasteiger partial charge in [-0.3, -0.25) is 9.10 Å². The van der Waals surface area contributed by atoms with Crippen molar-refractivity contribution >= 4 is 38.1 Å². The smallest absolute Gasteiger partial charge is 0.264 e. The predicted molar refractivity (Wildman–Crippen MR) is 120 cm³/mol. The number of halogens is 1. The van der Waals surface area contributed by atoms with Gasteiger partial charge in [0.05, 0.1) is 10.6 Å². The van der Waals surface area contributed by atoms with E-state index in [1.165, 1.54) is 30.3 Å². The number of fused-ring (bicyclic) bond motifs is 1. The van der Waals surface area contributed by atoms with E-state index in [0.29, 0.717) is 5.69 Å². The number of hydrogen-bond acceptors (Lipinski definition) is 3. The highest BCUT2D eigenvalue weighted by Gasteiger charge is 2.29. The summed E-state index contributed by atoms with van der Waals surface area (Å²) in [6.07, 6.45) is 0. The molecule has 1 N–H and O–H groups in total. The van der Waals surface area contributed by atoms with E-state index in [9.17, 15) is 17.6 Å². The van der Waals surface area contributed by atoms with Gasteiger partial charge in [-0.15, -0.1) is 0 Å². The van der Waals surface area contributed by atoms with Gasteiger partial charge in [-0.1, -0.05) is 66.7 Å². The minimum absolute atomic E-state index is 0.0313. The zero-order valence-corrected chi connectivity index (χ0v) is 17.2. The minimum atomic E-state index is -4.17. The van der Waals surface area contributed by atoms with E-state index >= 15 is 0 Å². The summed E-state index contributed by atoms with van der Waals surface area (Å²) in [5, 5.41) is 4.52. The highest BCUT2D eigenvalue weighted by atomic mass is 32.2. The second-order valence-corrected chi connectivity index (χ2v) is 8.71. The van der Waals surface area contributed by atoms with Crippen LogP contribution in [0.3, 0.4) is 0 Å². The lowest BCUT2D eigenvalue weighted by Gasteiger charge is -2.24. The van der Waals surface area contributed by atoms with Crippen LogP contribution < -0.4 is 9.62 Å². The van der Waals surface area contributed by atoms with Gasteiger partial charge in [0.2, 0.25) is 5.91 Å². The fourth-order valence-corrected chi connectivity index (χ4v) is 4.78. The quantitative estimate of drug-likeness (QED) is 0.473. The van der Waals surface area contributed by atoms with Gasteiger partial charge in [0.25, 0.3) is 10.0 Å². The number of nitrogens with one attached hydrogen (secondary N) is 1. The maximum Gasteiger partial charge on any atom is 0.264 e. The van der Waals surface area contributed by atoms with E-state index in [1.807, 2.05) is 30.3 Å². The van der Waals surface area contributed by atoms with Crippen LogP contribution in [-0.2, 0) is 14.8 Å². The van der Waals surface area contributed by atoms with Crippen LogP contribution in [0.1, 0.15) is 0 Å². The summed E-state index contributed by atoms with van der Waals surface area (Å²) in [7, 11) is -4.17. The Hall–Kier alpha value is -3.71. The fraction of sp³-hybridized carbons (Fsp3) is 0.0417. The van der Waals surface area contributed by atoms with Crippen molar-refractivity contribution in [1.82, 2.24) is 0 Å². The normalized spacial score (nSPS) is 11.3. The molecule has 4 aromatic carbocycles. The second kappa shape index (κ2) is 8.57. The largest absolute Gasteiger partial charge is 0.324 e. The van der Waals surface area contributed by atoms with Crippen molar-refractivity contribution in [1.29, 1.82) is 0 Å². The van der Waals surface area contributed by atoms with Gasteiger partial charge in [0, 0.05) is 11.1 Å². The van der Waals surface area contributed by atoms with Crippen molar-refractivity contribution < 1.29 is 17.6 Å². The number of rotatable bonds is 6. The summed E-state index contributed by atoms with van der Waals surface area (Å²) in [4.78, 5) is 12.9. The first-order valence-electron chi connectivity index (χ1n) is 9.57. The molecule has 156 valence electrons. The van der Waals surface area contributed by atoms with Crippen LogP contribution in [0.25, 0.3) is 10.8 Å². The Bertz CT molecular complexity index is 1340. The molecule has 0 aliphatic carbocycles.